The standard InChI is InChI=1S/C16H18ClN3O3S2/c1-16(2,25(22,23)20-8-3-9-20)14(21)19-15-18-13(10-24-15)11-4-6-12(17)7-5-11/h4-7,10H,3,8-9H2,1-2H3,(H,18,19,21). The first-order valence-electron chi connectivity index (χ1n) is 7.74. The maximum absolute atomic E-state index is 12.6. The van der Waals surface area contributed by atoms with Crippen molar-refractivity contribution in [1.29, 1.82) is 0 Å². The molecule has 0 bridgehead atoms. The lowest BCUT2D eigenvalue weighted by Crippen LogP contribution is -2.55. The zero-order valence-corrected chi connectivity index (χ0v) is 16.2. The van der Waals surface area contributed by atoms with Gasteiger partial charge in [-0.3, -0.25) is 4.79 Å². The summed E-state index contributed by atoms with van der Waals surface area (Å²) in [4.78, 5) is 16.9. The summed E-state index contributed by atoms with van der Waals surface area (Å²) in [5.74, 6) is -0.587. The van der Waals surface area contributed by atoms with Crippen LogP contribution in [0.4, 0.5) is 5.13 Å². The van der Waals surface area contributed by atoms with Crippen molar-refractivity contribution in [2.45, 2.75) is 25.0 Å². The monoisotopic (exact) mass is 399 g/mol. The van der Waals surface area contributed by atoms with Crippen molar-refractivity contribution >= 4 is 44.0 Å². The lowest BCUT2D eigenvalue weighted by Gasteiger charge is -2.36. The van der Waals surface area contributed by atoms with E-state index in [9.17, 15) is 13.2 Å². The molecule has 1 amide bonds. The third-order valence-electron chi connectivity index (χ3n) is 4.21. The van der Waals surface area contributed by atoms with E-state index in [1.807, 2.05) is 12.1 Å². The zero-order chi connectivity index (χ0) is 18.2. The summed E-state index contributed by atoms with van der Waals surface area (Å²) >= 11 is 7.12. The molecule has 2 heterocycles. The number of nitrogens with zero attached hydrogens (tertiary/aromatic N) is 2. The second-order valence-corrected chi connectivity index (χ2v) is 10.0. The maximum atomic E-state index is 12.6. The highest BCUT2D eigenvalue weighted by Gasteiger charge is 2.47. The van der Waals surface area contributed by atoms with Gasteiger partial charge >= 0.3 is 0 Å². The molecule has 25 heavy (non-hydrogen) atoms. The Bertz CT molecular complexity index is 888. The van der Waals surface area contributed by atoms with Crippen LogP contribution in [0.5, 0.6) is 0 Å². The van der Waals surface area contributed by atoms with Gasteiger partial charge in [-0.1, -0.05) is 23.7 Å². The van der Waals surface area contributed by atoms with Gasteiger partial charge in [0.1, 0.15) is 0 Å². The highest BCUT2D eigenvalue weighted by atomic mass is 35.5. The molecule has 0 spiro atoms. The summed E-state index contributed by atoms with van der Waals surface area (Å²) in [6.07, 6.45) is 0.827. The summed E-state index contributed by atoms with van der Waals surface area (Å²) in [5, 5.41) is 5.42. The molecular formula is C16H18ClN3O3S2. The van der Waals surface area contributed by atoms with Crippen molar-refractivity contribution in [2.75, 3.05) is 18.4 Å². The smallest absolute Gasteiger partial charge is 0.248 e. The van der Waals surface area contributed by atoms with Crippen molar-refractivity contribution in [3.05, 3.63) is 34.7 Å². The van der Waals surface area contributed by atoms with Crippen LogP contribution in [-0.4, -0.2) is 41.5 Å². The molecule has 0 aliphatic carbocycles. The SMILES string of the molecule is CC(C)(C(=O)Nc1nc(-c2ccc(Cl)cc2)cs1)S(=O)(=O)N1CCC1. The van der Waals surface area contributed by atoms with Crippen LogP contribution in [0.2, 0.25) is 5.02 Å². The van der Waals surface area contributed by atoms with Crippen LogP contribution in [0.15, 0.2) is 29.6 Å². The Hall–Kier alpha value is -1.48. The Kier molecular flexibility index (Phi) is 4.89. The van der Waals surface area contributed by atoms with E-state index in [0.717, 1.165) is 12.0 Å². The third kappa shape index (κ3) is 3.44. The van der Waals surface area contributed by atoms with Crippen molar-refractivity contribution < 1.29 is 13.2 Å². The fraction of sp³-hybridized carbons (Fsp3) is 0.375. The number of aromatic nitrogens is 1. The summed E-state index contributed by atoms with van der Waals surface area (Å²) in [7, 11) is -3.69. The van der Waals surface area contributed by atoms with Gasteiger partial charge in [-0.2, -0.15) is 0 Å². The third-order valence-corrected chi connectivity index (χ3v) is 7.74. The van der Waals surface area contributed by atoms with Crippen LogP contribution < -0.4 is 5.32 Å². The summed E-state index contributed by atoms with van der Waals surface area (Å²) in [6, 6.07) is 7.19. The van der Waals surface area contributed by atoms with Gasteiger partial charge in [0.05, 0.1) is 5.69 Å². The van der Waals surface area contributed by atoms with E-state index in [2.05, 4.69) is 10.3 Å². The van der Waals surface area contributed by atoms with E-state index < -0.39 is 20.7 Å². The maximum Gasteiger partial charge on any atom is 0.248 e. The first-order chi connectivity index (χ1) is 11.7. The van der Waals surface area contributed by atoms with Crippen molar-refractivity contribution in [3.8, 4) is 11.3 Å². The molecule has 134 valence electrons. The Morgan fingerprint density at radius 3 is 2.48 bits per heavy atom. The van der Waals surface area contributed by atoms with E-state index in [0.29, 0.717) is 28.9 Å². The van der Waals surface area contributed by atoms with Crippen LogP contribution >= 0.6 is 22.9 Å². The Morgan fingerprint density at radius 2 is 1.92 bits per heavy atom. The van der Waals surface area contributed by atoms with Crippen molar-refractivity contribution in [3.63, 3.8) is 0 Å². The second kappa shape index (κ2) is 6.68. The number of carbonyl (C=O) groups excluding carboxylic acids is 1. The number of halogens is 1. The first-order valence-corrected chi connectivity index (χ1v) is 10.4. The highest BCUT2D eigenvalue weighted by Crippen LogP contribution is 2.29. The van der Waals surface area contributed by atoms with Gasteiger partial charge in [-0.15, -0.1) is 11.3 Å². The largest absolute Gasteiger partial charge is 0.301 e. The predicted molar refractivity (Wildman–Crippen MR) is 100 cm³/mol. The topological polar surface area (TPSA) is 79.4 Å². The van der Waals surface area contributed by atoms with Gasteiger partial charge in [0.2, 0.25) is 15.9 Å². The lowest BCUT2D eigenvalue weighted by molar-refractivity contribution is -0.118. The van der Waals surface area contributed by atoms with Crippen LogP contribution in [0.1, 0.15) is 20.3 Å². The Balaban J connectivity index is 1.76. The number of benzene rings is 1. The molecule has 1 aliphatic rings. The van der Waals surface area contributed by atoms with Crippen LogP contribution in [0, 0.1) is 0 Å². The first kappa shape index (κ1) is 18.3. The molecule has 6 nitrogen and oxygen atoms in total. The van der Waals surface area contributed by atoms with Crippen LogP contribution in [0.3, 0.4) is 0 Å². The van der Waals surface area contributed by atoms with E-state index >= 15 is 0 Å². The number of anilines is 1. The summed E-state index contributed by atoms with van der Waals surface area (Å²) < 4.78 is 24.9. The zero-order valence-electron chi connectivity index (χ0n) is 13.8. The summed E-state index contributed by atoms with van der Waals surface area (Å²) in [5.41, 5.74) is 1.56. The minimum absolute atomic E-state index is 0.363. The molecule has 0 unspecified atom stereocenters. The van der Waals surface area contributed by atoms with Crippen molar-refractivity contribution in [2.24, 2.45) is 0 Å². The molecule has 0 radical (unpaired) electrons. The van der Waals surface area contributed by atoms with E-state index in [1.54, 1.807) is 17.5 Å². The van der Waals surface area contributed by atoms with Crippen molar-refractivity contribution in [1.82, 2.24) is 9.29 Å². The molecular weight excluding hydrogens is 382 g/mol. The van der Waals surface area contributed by atoms with Gasteiger partial charge in [-0.05, 0) is 32.4 Å². The van der Waals surface area contributed by atoms with E-state index in [4.69, 9.17) is 11.6 Å². The molecule has 1 saturated heterocycles. The molecule has 1 aliphatic heterocycles. The number of hydrogen-bond acceptors (Lipinski definition) is 5. The minimum atomic E-state index is -3.69. The quantitative estimate of drug-likeness (QED) is 0.837. The van der Waals surface area contributed by atoms with Gasteiger partial charge in [-0.25, -0.2) is 17.7 Å². The second-order valence-electron chi connectivity index (χ2n) is 6.27. The fourth-order valence-electron chi connectivity index (χ4n) is 2.30. The summed E-state index contributed by atoms with van der Waals surface area (Å²) in [6.45, 7) is 3.78. The number of rotatable bonds is 5. The van der Waals surface area contributed by atoms with Crippen LogP contribution in [-0.2, 0) is 14.8 Å². The number of nitrogens with one attached hydrogen (secondary N) is 1. The Labute approximate surface area is 155 Å². The van der Waals surface area contributed by atoms with Gasteiger partial charge < -0.3 is 5.32 Å². The minimum Gasteiger partial charge on any atom is -0.301 e. The molecule has 0 saturated carbocycles. The molecule has 9 heteroatoms. The van der Waals surface area contributed by atoms with E-state index in [1.165, 1.54) is 29.5 Å². The van der Waals surface area contributed by atoms with Gasteiger partial charge in [0.25, 0.3) is 0 Å². The number of amides is 1. The average Bonchev–Trinajstić information content (AvgIpc) is 2.94. The molecule has 1 N–H and O–H groups in total. The number of carbonyl (C=O) groups is 1. The molecule has 0 atom stereocenters. The molecule has 1 fully saturated rings. The Morgan fingerprint density at radius 1 is 1.28 bits per heavy atom. The number of hydrogen-bond donors (Lipinski definition) is 1. The van der Waals surface area contributed by atoms with Gasteiger partial charge in [0, 0.05) is 29.1 Å². The highest BCUT2D eigenvalue weighted by molar-refractivity contribution is 7.91. The number of thiazole rings is 1. The molecule has 2 aromatic rings. The fourth-order valence-corrected chi connectivity index (χ4v) is 4.81. The molecule has 3 rings (SSSR count). The van der Waals surface area contributed by atoms with E-state index in [-0.39, 0.29) is 0 Å². The van der Waals surface area contributed by atoms with Gasteiger partial charge in [0.15, 0.2) is 9.88 Å². The molecule has 1 aromatic carbocycles. The predicted octanol–water partition coefficient (Wildman–Crippen LogP) is 3.22. The lowest BCUT2D eigenvalue weighted by atomic mass is 10.2. The number of sulfonamides is 1. The normalized spacial score (nSPS) is 15.6. The average molecular weight is 400 g/mol. The van der Waals surface area contributed by atoms with Crippen LogP contribution in [0.25, 0.3) is 11.3 Å². The molecule has 1 aromatic heterocycles.